The lowest BCUT2D eigenvalue weighted by molar-refractivity contribution is 0.265. The molecule has 1 saturated heterocycles. The van der Waals surface area contributed by atoms with Crippen molar-refractivity contribution in [2.75, 3.05) is 25.0 Å². The van der Waals surface area contributed by atoms with Crippen molar-refractivity contribution < 1.29 is 0 Å². The molecule has 0 radical (unpaired) electrons. The zero-order valence-corrected chi connectivity index (χ0v) is 14.7. The highest BCUT2D eigenvalue weighted by molar-refractivity contribution is 6.32. The highest BCUT2D eigenvalue weighted by Crippen LogP contribution is 2.53. The Balaban J connectivity index is 1.54. The molecule has 5 nitrogen and oxygen atoms in total. The van der Waals surface area contributed by atoms with Crippen LogP contribution in [0.25, 0.3) is 5.69 Å². The Morgan fingerprint density at radius 3 is 2.83 bits per heavy atom. The summed E-state index contributed by atoms with van der Waals surface area (Å²) in [6.45, 7) is 2.17. The molecule has 6 heteroatoms. The number of benzene rings is 1. The van der Waals surface area contributed by atoms with E-state index in [1.807, 2.05) is 10.9 Å². The second kappa shape index (κ2) is 5.20. The molecule has 1 spiro atoms. The molecule has 0 amide bonds. The van der Waals surface area contributed by atoms with Crippen molar-refractivity contribution in [1.82, 2.24) is 20.3 Å². The van der Waals surface area contributed by atoms with E-state index in [-0.39, 0.29) is 0 Å². The van der Waals surface area contributed by atoms with Gasteiger partial charge in [0.15, 0.2) is 0 Å². The lowest BCUT2D eigenvalue weighted by Gasteiger charge is -2.39. The van der Waals surface area contributed by atoms with Gasteiger partial charge in [0.05, 0.1) is 22.9 Å². The summed E-state index contributed by atoms with van der Waals surface area (Å²) in [5, 5.41) is 12.9. The lowest BCUT2D eigenvalue weighted by atomic mass is 9.66. The second-order valence-electron chi connectivity index (χ2n) is 7.55. The van der Waals surface area contributed by atoms with Crippen molar-refractivity contribution >= 4 is 17.3 Å². The normalized spacial score (nSPS) is 24.4. The minimum atomic E-state index is 0.327. The maximum Gasteiger partial charge on any atom is 0.100 e. The molecule has 0 unspecified atom stereocenters. The van der Waals surface area contributed by atoms with Crippen LogP contribution < -0.4 is 10.2 Å². The van der Waals surface area contributed by atoms with Gasteiger partial charge < -0.3 is 10.2 Å². The van der Waals surface area contributed by atoms with Crippen LogP contribution in [0.1, 0.15) is 49.4 Å². The summed E-state index contributed by atoms with van der Waals surface area (Å²) in [4.78, 5) is 2.37. The van der Waals surface area contributed by atoms with Crippen molar-refractivity contribution in [1.29, 1.82) is 0 Å². The van der Waals surface area contributed by atoms with Crippen molar-refractivity contribution in [3.05, 3.63) is 34.6 Å². The average Bonchev–Trinajstić information content (AvgIpc) is 3.24. The minimum absolute atomic E-state index is 0.327. The molecular formula is C18H22ClN5. The van der Waals surface area contributed by atoms with E-state index in [0.29, 0.717) is 11.5 Å². The molecule has 1 aromatic heterocycles. The fourth-order valence-corrected chi connectivity index (χ4v) is 4.86. The summed E-state index contributed by atoms with van der Waals surface area (Å²) in [6, 6.07) is 4.68. The Morgan fingerprint density at radius 1 is 1.25 bits per heavy atom. The van der Waals surface area contributed by atoms with Crippen LogP contribution in [0.2, 0.25) is 5.02 Å². The van der Waals surface area contributed by atoms with Crippen LogP contribution in [-0.4, -0.2) is 35.1 Å². The molecule has 126 valence electrons. The van der Waals surface area contributed by atoms with Crippen LogP contribution in [0.3, 0.4) is 0 Å². The molecule has 0 bridgehead atoms. The molecular weight excluding hydrogens is 322 g/mol. The molecule has 1 aliphatic carbocycles. The van der Waals surface area contributed by atoms with E-state index in [1.165, 1.54) is 36.9 Å². The maximum absolute atomic E-state index is 6.64. The topological polar surface area (TPSA) is 46.0 Å². The molecule has 1 saturated carbocycles. The Bertz CT molecular complexity index is 789. The number of likely N-dealkylation sites (N-methyl/N-ethyl adjacent to an activating group) is 1. The molecule has 2 aromatic rings. The fraction of sp³-hybridized carbons (Fsp3) is 0.556. The largest absolute Gasteiger partial charge is 0.373 e. The third-order valence-electron chi connectivity index (χ3n) is 6.07. The molecule has 1 aromatic carbocycles. The summed E-state index contributed by atoms with van der Waals surface area (Å²) in [5.41, 5.74) is 4.99. The van der Waals surface area contributed by atoms with Gasteiger partial charge in [-0.3, -0.25) is 0 Å². The molecule has 1 atom stereocenters. The predicted molar refractivity (Wildman–Crippen MR) is 95.1 cm³/mol. The Hall–Kier alpha value is -1.59. The smallest absolute Gasteiger partial charge is 0.100 e. The summed E-state index contributed by atoms with van der Waals surface area (Å²) < 4.78 is 1.83. The Morgan fingerprint density at radius 2 is 2.12 bits per heavy atom. The number of nitrogens with zero attached hydrogens (tertiary/aromatic N) is 4. The quantitative estimate of drug-likeness (QED) is 0.909. The molecule has 5 rings (SSSR count). The monoisotopic (exact) mass is 343 g/mol. The van der Waals surface area contributed by atoms with Gasteiger partial charge in [0, 0.05) is 24.7 Å². The molecule has 24 heavy (non-hydrogen) atoms. The molecule has 3 heterocycles. The minimum Gasteiger partial charge on any atom is -0.373 e. The number of anilines is 1. The first-order valence-corrected chi connectivity index (χ1v) is 9.25. The average molecular weight is 344 g/mol. The van der Waals surface area contributed by atoms with Gasteiger partial charge in [0.2, 0.25) is 0 Å². The van der Waals surface area contributed by atoms with Crippen molar-refractivity contribution in [3.8, 4) is 5.69 Å². The van der Waals surface area contributed by atoms with Crippen LogP contribution in [-0.2, 0) is 5.41 Å². The first-order valence-electron chi connectivity index (χ1n) is 8.87. The summed E-state index contributed by atoms with van der Waals surface area (Å²) in [5.74, 6) is 0. The van der Waals surface area contributed by atoms with Crippen molar-refractivity contribution in [2.24, 2.45) is 0 Å². The number of halogens is 1. The first kappa shape index (κ1) is 14.7. The predicted octanol–water partition coefficient (Wildman–Crippen LogP) is 3.22. The fourth-order valence-electron chi connectivity index (χ4n) is 4.61. The van der Waals surface area contributed by atoms with Gasteiger partial charge in [0.1, 0.15) is 5.69 Å². The van der Waals surface area contributed by atoms with E-state index >= 15 is 0 Å². The van der Waals surface area contributed by atoms with Gasteiger partial charge in [-0.25, -0.2) is 4.68 Å². The van der Waals surface area contributed by atoms with Crippen LogP contribution in [0, 0.1) is 0 Å². The first-order chi connectivity index (χ1) is 11.7. The molecule has 3 aliphatic rings. The summed E-state index contributed by atoms with van der Waals surface area (Å²) >= 11 is 6.64. The zero-order chi connectivity index (χ0) is 16.3. The SMILES string of the molecule is CN1CC2(CCC2)c2cc(Cl)c(-n3cc([C@H]4CCCN4)nn3)cc21. The highest BCUT2D eigenvalue weighted by atomic mass is 35.5. The molecule has 1 N–H and O–H groups in total. The van der Waals surface area contributed by atoms with E-state index in [1.54, 1.807) is 0 Å². The number of aromatic nitrogens is 3. The van der Waals surface area contributed by atoms with E-state index in [0.717, 1.165) is 35.9 Å². The van der Waals surface area contributed by atoms with Gasteiger partial charge in [-0.05, 0) is 49.9 Å². The van der Waals surface area contributed by atoms with Gasteiger partial charge >= 0.3 is 0 Å². The van der Waals surface area contributed by atoms with Crippen LogP contribution >= 0.6 is 11.6 Å². The van der Waals surface area contributed by atoms with Crippen LogP contribution in [0.4, 0.5) is 5.69 Å². The number of hydrogen-bond acceptors (Lipinski definition) is 4. The second-order valence-corrected chi connectivity index (χ2v) is 7.95. The van der Waals surface area contributed by atoms with Gasteiger partial charge in [-0.1, -0.05) is 23.2 Å². The standard InChI is InChI=1S/C18H22ClN5/c1-23-11-18(5-3-6-18)12-8-13(19)17(9-16(12)23)24-10-15(21-22-24)14-4-2-7-20-14/h8-10,14,20H,2-7,11H2,1H3/t14-/m1/s1. The van der Waals surface area contributed by atoms with Crippen LogP contribution in [0.15, 0.2) is 18.3 Å². The van der Waals surface area contributed by atoms with E-state index in [2.05, 4.69) is 39.7 Å². The van der Waals surface area contributed by atoms with Crippen LogP contribution in [0.5, 0.6) is 0 Å². The maximum atomic E-state index is 6.64. The third-order valence-corrected chi connectivity index (χ3v) is 6.38. The number of nitrogens with one attached hydrogen (secondary N) is 1. The van der Waals surface area contributed by atoms with E-state index < -0.39 is 0 Å². The molecule has 2 aliphatic heterocycles. The van der Waals surface area contributed by atoms with Gasteiger partial charge in [-0.2, -0.15) is 0 Å². The zero-order valence-electron chi connectivity index (χ0n) is 13.9. The third kappa shape index (κ3) is 2.04. The number of rotatable bonds is 2. The lowest BCUT2D eigenvalue weighted by Crippen LogP contribution is -2.38. The summed E-state index contributed by atoms with van der Waals surface area (Å²) in [7, 11) is 2.18. The highest BCUT2D eigenvalue weighted by Gasteiger charge is 2.46. The Labute approximate surface area is 147 Å². The summed E-state index contributed by atoms with van der Waals surface area (Å²) in [6.07, 6.45) is 8.23. The Kier molecular flexibility index (Phi) is 3.19. The number of hydrogen-bond donors (Lipinski definition) is 1. The number of fused-ring (bicyclic) bond motifs is 2. The van der Waals surface area contributed by atoms with E-state index in [4.69, 9.17) is 11.6 Å². The van der Waals surface area contributed by atoms with Crippen molar-refractivity contribution in [2.45, 2.75) is 43.6 Å². The molecule has 2 fully saturated rings. The van der Waals surface area contributed by atoms with Gasteiger partial charge in [0.25, 0.3) is 0 Å². The van der Waals surface area contributed by atoms with E-state index in [9.17, 15) is 0 Å². The van der Waals surface area contributed by atoms with Crippen molar-refractivity contribution in [3.63, 3.8) is 0 Å². The van der Waals surface area contributed by atoms with Gasteiger partial charge in [-0.15, -0.1) is 5.10 Å².